The average molecular weight is 301 g/mol. The molecule has 0 aromatic heterocycles. The maximum Gasteiger partial charge on any atom is 0.236 e. The lowest BCUT2D eigenvalue weighted by molar-refractivity contribution is 0.224. The minimum atomic E-state index is -3.47. The Hall–Kier alpha value is -0.540. The van der Waals surface area contributed by atoms with Crippen molar-refractivity contribution < 1.29 is 8.42 Å². The Kier molecular flexibility index (Phi) is 4.26. The van der Waals surface area contributed by atoms with Crippen LogP contribution in [0.2, 0.25) is 0 Å². The third-order valence-corrected chi connectivity index (χ3v) is 5.11. The Balaban J connectivity index is 2.11. The van der Waals surface area contributed by atoms with Gasteiger partial charge in [-0.15, -0.1) is 0 Å². The highest BCUT2D eigenvalue weighted by molar-refractivity contribution is 8.13. The van der Waals surface area contributed by atoms with Crippen LogP contribution in [0, 0.1) is 5.41 Å². The molecule has 106 valence electrons. The lowest BCUT2D eigenvalue weighted by Gasteiger charge is -2.34. The van der Waals surface area contributed by atoms with Gasteiger partial charge in [0.2, 0.25) is 9.05 Å². The molecule has 0 amide bonds. The van der Waals surface area contributed by atoms with E-state index in [2.05, 4.69) is 19.9 Å². The largest absolute Gasteiger partial charge is 0.236 e. The van der Waals surface area contributed by atoms with Gasteiger partial charge in [-0.25, -0.2) is 8.42 Å². The molecule has 0 bridgehead atoms. The van der Waals surface area contributed by atoms with Crippen LogP contribution in [0.1, 0.15) is 56.6 Å². The van der Waals surface area contributed by atoms with Gasteiger partial charge in [-0.05, 0) is 48.1 Å². The Bertz CT molecular complexity index is 539. The maximum absolute atomic E-state index is 11.1. The second-order valence-corrected chi connectivity index (χ2v) is 9.14. The van der Waals surface area contributed by atoms with Crippen molar-refractivity contribution in [1.29, 1.82) is 0 Å². The van der Waals surface area contributed by atoms with Crippen molar-refractivity contribution in [2.45, 2.75) is 51.2 Å². The highest BCUT2D eigenvalue weighted by Gasteiger charge is 2.27. The van der Waals surface area contributed by atoms with Crippen molar-refractivity contribution in [3.05, 3.63) is 35.4 Å². The van der Waals surface area contributed by atoms with Crippen LogP contribution in [-0.2, 0) is 14.8 Å². The summed E-state index contributed by atoms with van der Waals surface area (Å²) in [7, 11) is 1.84. The normalized spacial score (nSPS) is 20.4. The molecule has 0 spiro atoms. The smallest absolute Gasteiger partial charge is 0.212 e. The molecular weight excluding hydrogens is 280 g/mol. The standard InChI is InChI=1S/C15H21ClO2S/c1-15(2)8-6-13(7-9-15)14-5-3-4-12(10-14)11-19(16,17)18/h3-5,10,13H,6-9,11H2,1-2H3. The van der Waals surface area contributed by atoms with E-state index in [-0.39, 0.29) is 5.75 Å². The van der Waals surface area contributed by atoms with E-state index < -0.39 is 9.05 Å². The number of hydrogen-bond donors (Lipinski definition) is 0. The molecule has 2 nitrogen and oxygen atoms in total. The van der Waals surface area contributed by atoms with E-state index in [9.17, 15) is 8.42 Å². The van der Waals surface area contributed by atoms with Gasteiger partial charge in [0, 0.05) is 10.7 Å². The van der Waals surface area contributed by atoms with Gasteiger partial charge in [0.25, 0.3) is 0 Å². The maximum atomic E-state index is 11.1. The first-order chi connectivity index (χ1) is 8.75. The predicted octanol–water partition coefficient (Wildman–Crippen LogP) is 4.44. The topological polar surface area (TPSA) is 34.1 Å². The van der Waals surface area contributed by atoms with Gasteiger partial charge < -0.3 is 0 Å². The third-order valence-electron chi connectivity index (χ3n) is 4.10. The van der Waals surface area contributed by atoms with Gasteiger partial charge in [-0.1, -0.05) is 38.1 Å². The first kappa shape index (κ1) is 14.9. The van der Waals surface area contributed by atoms with Crippen LogP contribution in [0.4, 0.5) is 0 Å². The van der Waals surface area contributed by atoms with Crippen LogP contribution >= 0.6 is 10.7 Å². The molecule has 1 aliphatic rings. The Morgan fingerprint density at radius 2 is 1.89 bits per heavy atom. The van der Waals surface area contributed by atoms with Crippen molar-refractivity contribution in [3.63, 3.8) is 0 Å². The lowest BCUT2D eigenvalue weighted by Crippen LogP contribution is -2.20. The molecule has 0 unspecified atom stereocenters. The van der Waals surface area contributed by atoms with Crippen LogP contribution in [0.5, 0.6) is 0 Å². The summed E-state index contributed by atoms with van der Waals surface area (Å²) < 4.78 is 22.3. The first-order valence-electron chi connectivity index (χ1n) is 6.76. The molecule has 0 N–H and O–H groups in total. The zero-order chi connectivity index (χ0) is 14.1. The Labute approximate surface area is 120 Å². The Morgan fingerprint density at radius 1 is 1.26 bits per heavy atom. The molecule has 0 aliphatic heterocycles. The van der Waals surface area contributed by atoms with Crippen molar-refractivity contribution in [1.82, 2.24) is 0 Å². The molecule has 2 rings (SSSR count). The molecule has 0 radical (unpaired) electrons. The van der Waals surface area contributed by atoms with Gasteiger partial charge >= 0.3 is 0 Å². The van der Waals surface area contributed by atoms with E-state index >= 15 is 0 Å². The molecule has 19 heavy (non-hydrogen) atoms. The second-order valence-electron chi connectivity index (χ2n) is 6.37. The summed E-state index contributed by atoms with van der Waals surface area (Å²) in [5, 5.41) is 0. The summed E-state index contributed by atoms with van der Waals surface area (Å²) in [5.74, 6) is 0.478. The van der Waals surface area contributed by atoms with Gasteiger partial charge in [-0.3, -0.25) is 0 Å². The van der Waals surface area contributed by atoms with Gasteiger partial charge in [0.1, 0.15) is 0 Å². The van der Waals surface area contributed by atoms with Crippen molar-refractivity contribution in [3.8, 4) is 0 Å². The molecule has 1 aliphatic carbocycles. The molecule has 1 aromatic rings. The van der Waals surface area contributed by atoms with Crippen molar-refractivity contribution >= 4 is 19.7 Å². The summed E-state index contributed by atoms with van der Waals surface area (Å²) in [6, 6.07) is 7.87. The summed E-state index contributed by atoms with van der Waals surface area (Å²) >= 11 is 0. The van der Waals surface area contributed by atoms with E-state index in [1.807, 2.05) is 18.2 Å². The predicted molar refractivity (Wildman–Crippen MR) is 79.9 cm³/mol. The van der Waals surface area contributed by atoms with Gasteiger partial charge in [0.05, 0.1) is 5.75 Å². The average Bonchev–Trinajstić information content (AvgIpc) is 2.27. The number of hydrogen-bond acceptors (Lipinski definition) is 2. The summed E-state index contributed by atoms with van der Waals surface area (Å²) in [5.41, 5.74) is 2.50. The van der Waals surface area contributed by atoms with E-state index in [4.69, 9.17) is 10.7 Å². The fourth-order valence-electron chi connectivity index (χ4n) is 2.87. The number of benzene rings is 1. The molecule has 0 saturated heterocycles. The van der Waals surface area contributed by atoms with Crippen LogP contribution in [0.15, 0.2) is 24.3 Å². The first-order valence-corrected chi connectivity index (χ1v) is 9.24. The molecule has 1 fully saturated rings. The summed E-state index contributed by atoms with van der Waals surface area (Å²) in [4.78, 5) is 0. The van der Waals surface area contributed by atoms with Crippen LogP contribution in [0.25, 0.3) is 0 Å². The van der Waals surface area contributed by atoms with Crippen molar-refractivity contribution in [2.75, 3.05) is 0 Å². The summed E-state index contributed by atoms with van der Waals surface area (Å²) in [6.45, 7) is 4.64. The quantitative estimate of drug-likeness (QED) is 0.773. The molecule has 1 aromatic carbocycles. The minimum absolute atomic E-state index is 0.0827. The number of rotatable bonds is 3. The fourth-order valence-corrected chi connectivity index (χ4v) is 3.82. The van der Waals surface area contributed by atoms with Crippen LogP contribution in [0.3, 0.4) is 0 Å². The highest BCUT2D eigenvalue weighted by Crippen LogP contribution is 2.42. The molecule has 1 saturated carbocycles. The molecule has 0 heterocycles. The van der Waals surface area contributed by atoms with Crippen molar-refractivity contribution in [2.24, 2.45) is 5.41 Å². The van der Waals surface area contributed by atoms with E-state index in [1.54, 1.807) is 0 Å². The fraction of sp³-hybridized carbons (Fsp3) is 0.600. The van der Waals surface area contributed by atoms with Crippen LogP contribution < -0.4 is 0 Å². The molecular formula is C15H21ClO2S. The zero-order valence-electron chi connectivity index (χ0n) is 11.5. The van der Waals surface area contributed by atoms with Crippen LogP contribution in [-0.4, -0.2) is 8.42 Å². The highest BCUT2D eigenvalue weighted by atomic mass is 35.7. The van der Waals surface area contributed by atoms with E-state index in [0.717, 1.165) is 5.56 Å². The lowest BCUT2D eigenvalue weighted by atomic mass is 9.71. The van der Waals surface area contributed by atoms with Gasteiger partial charge in [-0.2, -0.15) is 0 Å². The molecule has 0 atom stereocenters. The minimum Gasteiger partial charge on any atom is -0.212 e. The monoisotopic (exact) mass is 300 g/mol. The zero-order valence-corrected chi connectivity index (χ0v) is 13.1. The number of halogens is 1. The SMILES string of the molecule is CC1(C)CCC(c2cccc(CS(=O)(=O)Cl)c2)CC1. The van der Waals surface area contributed by atoms with E-state index in [0.29, 0.717) is 11.3 Å². The third kappa shape index (κ3) is 4.50. The van der Waals surface area contributed by atoms with E-state index in [1.165, 1.54) is 31.2 Å². The second kappa shape index (κ2) is 5.45. The van der Waals surface area contributed by atoms with Gasteiger partial charge in [0.15, 0.2) is 0 Å². The summed E-state index contributed by atoms with van der Waals surface area (Å²) in [6.07, 6.45) is 4.83. The Morgan fingerprint density at radius 3 is 2.47 bits per heavy atom. The molecule has 4 heteroatoms.